The van der Waals surface area contributed by atoms with Crippen molar-refractivity contribution in [1.82, 2.24) is 0 Å². The molecule has 1 aliphatic rings. The number of aliphatic hydroxyl groups excluding tert-OH is 1. The highest BCUT2D eigenvalue weighted by atomic mass is 16.2. The van der Waals surface area contributed by atoms with Crippen LogP contribution < -0.4 is 5.32 Å². The van der Waals surface area contributed by atoms with Gasteiger partial charge in [-0.25, -0.2) is 0 Å². The van der Waals surface area contributed by atoms with Crippen LogP contribution in [0.2, 0.25) is 0 Å². The molecular formula is C23H25NO2. The predicted molar refractivity (Wildman–Crippen MR) is 109 cm³/mol. The molecule has 0 saturated carbocycles. The minimum Gasteiger partial charge on any atom is -0.513 e. The summed E-state index contributed by atoms with van der Waals surface area (Å²) in [6.07, 6.45) is 10.0. The fourth-order valence-corrected chi connectivity index (χ4v) is 2.46. The summed E-state index contributed by atoms with van der Waals surface area (Å²) < 4.78 is 0. The van der Waals surface area contributed by atoms with Crippen molar-refractivity contribution in [3.05, 3.63) is 95.8 Å². The summed E-state index contributed by atoms with van der Waals surface area (Å²) in [6.45, 7) is 3.70. The van der Waals surface area contributed by atoms with E-state index in [9.17, 15) is 9.90 Å². The minimum atomic E-state index is 0.0251. The summed E-state index contributed by atoms with van der Waals surface area (Å²) in [6, 6.07) is 16.7. The smallest absolute Gasteiger partial charge is 0.159 e. The molecule has 0 bridgehead atoms. The number of anilines is 1. The van der Waals surface area contributed by atoms with Crippen molar-refractivity contribution in [3.63, 3.8) is 0 Å². The summed E-state index contributed by atoms with van der Waals surface area (Å²) in [5, 5.41) is 12.4. The van der Waals surface area contributed by atoms with Crippen LogP contribution in [0.25, 0.3) is 5.70 Å². The Kier molecular flexibility index (Phi) is 7.44. The van der Waals surface area contributed by atoms with E-state index < -0.39 is 0 Å². The van der Waals surface area contributed by atoms with Crippen LogP contribution in [0.5, 0.6) is 0 Å². The lowest BCUT2D eigenvalue weighted by Crippen LogP contribution is -2.00. The third-order valence-corrected chi connectivity index (χ3v) is 4.01. The number of hydrogen-bond acceptors (Lipinski definition) is 3. The first-order valence-corrected chi connectivity index (χ1v) is 8.70. The largest absolute Gasteiger partial charge is 0.513 e. The molecule has 0 spiro atoms. The van der Waals surface area contributed by atoms with Crippen LogP contribution in [0.15, 0.2) is 84.7 Å². The number of ketones is 1. The van der Waals surface area contributed by atoms with Gasteiger partial charge in [0.25, 0.3) is 0 Å². The number of Topliss-reactive ketones (excluding diaryl/α,β-unsaturated/α-hetero) is 1. The second-order valence-corrected chi connectivity index (χ2v) is 6.15. The van der Waals surface area contributed by atoms with E-state index in [1.54, 1.807) is 24.3 Å². The molecule has 2 aromatic rings. The highest BCUT2D eigenvalue weighted by Crippen LogP contribution is 2.18. The molecule has 1 aliphatic carbocycles. The lowest BCUT2D eigenvalue weighted by Gasteiger charge is -2.10. The van der Waals surface area contributed by atoms with Gasteiger partial charge in [0.1, 0.15) is 6.26 Å². The maximum absolute atomic E-state index is 11.2. The van der Waals surface area contributed by atoms with E-state index in [0.29, 0.717) is 11.3 Å². The van der Waals surface area contributed by atoms with E-state index in [4.69, 9.17) is 0 Å². The zero-order chi connectivity index (χ0) is 18.8. The molecular weight excluding hydrogens is 322 g/mol. The van der Waals surface area contributed by atoms with Crippen LogP contribution in [0.1, 0.15) is 42.6 Å². The zero-order valence-corrected chi connectivity index (χ0v) is 15.3. The first-order chi connectivity index (χ1) is 12.6. The monoisotopic (exact) mass is 347 g/mol. The van der Waals surface area contributed by atoms with Crippen LogP contribution in [0.4, 0.5) is 5.69 Å². The summed E-state index contributed by atoms with van der Waals surface area (Å²) >= 11 is 0. The van der Waals surface area contributed by atoms with Gasteiger partial charge in [-0.3, -0.25) is 4.79 Å². The van der Waals surface area contributed by atoms with Gasteiger partial charge in [0.15, 0.2) is 5.78 Å². The van der Waals surface area contributed by atoms with Gasteiger partial charge in [-0.1, -0.05) is 66.3 Å². The topological polar surface area (TPSA) is 49.3 Å². The van der Waals surface area contributed by atoms with Gasteiger partial charge in [0, 0.05) is 16.8 Å². The van der Waals surface area contributed by atoms with Crippen LogP contribution in [0, 0.1) is 0 Å². The lowest BCUT2D eigenvalue weighted by molar-refractivity contribution is 0.101. The third kappa shape index (κ3) is 6.10. The quantitative estimate of drug-likeness (QED) is 0.516. The van der Waals surface area contributed by atoms with Crippen molar-refractivity contribution >= 4 is 17.2 Å². The number of aliphatic hydroxyl groups is 1. The Morgan fingerprint density at radius 1 is 1.04 bits per heavy atom. The molecule has 2 N–H and O–H groups in total. The standard InChI is InChI=1S/C16H15NO2.C7H10/c1-12(19)13-7-9-14(10-8-13)16(11-18)17-15-5-3-2-4-6-15;1-7-5-3-2-4-6-7/h2-11,17-18H,1H3;2-3,5H,4,6H2,1H3/b16-11-;. The summed E-state index contributed by atoms with van der Waals surface area (Å²) in [5.41, 5.74) is 4.44. The Bertz CT molecular complexity index is 800. The Labute approximate surface area is 155 Å². The van der Waals surface area contributed by atoms with E-state index in [2.05, 4.69) is 30.5 Å². The van der Waals surface area contributed by atoms with E-state index in [1.165, 1.54) is 25.3 Å². The molecule has 0 radical (unpaired) electrons. The number of nitrogens with one attached hydrogen (secondary N) is 1. The molecule has 0 amide bonds. The Balaban J connectivity index is 0.000000290. The molecule has 0 saturated heterocycles. The lowest BCUT2D eigenvalue weighted by atomic mass is 10.1. The molecule has 0 fully saturated rings. The van der Waals surface area contributed by atoms with Gasteiger partial charge < -0.3 is 10.4 Å². The molecule has 0 atom stereocenters. The molecule has 26 heavy (non-hydrogen) atoms. The van der Waals surface area contributed by atoms with Crippen molar-refractivity contribution in [2.75, 3.05) is 5.32 Å². The maximum atomic E-state index is 11.2. The first-order valence-electron chi connectivity index (χ1n) is 8.70. The van der Waals surface area contributed by atoms with Crippen molar-refractivity contribution < 1.29 is 9.90 Å². The van der Waals surface area contributed by atoms with Crippen molar-refractivity contribution in [2.45, 2.75) is 26.7 Å². The molecule has 2 aromatic carbocycles. The summed E-state index contributed by atoms with van der Waals surface area (Å²) in [5.74, 6) is 0.0251. The van der Waals surface area contributed by atoms with E-state index in [0.717, 1.165) is 17.5 Å². The van der Waals surface area contributed by atoms with Crippen molar-refractivity contribution in [2.24, 2.45) is 0 Å². The fourth-order valence-electron chi connectivity index (χ4n) is 2.46. The summed E-state index contributed by atoms with van der Waals surface area (Å²) in [7, 11) is 0. The van der Waals surface area contributed by atoms with E-state index in [1.807, 2.05) is 30.3 Å². The van der Waals surface area contributed by atoms with E-state index >= 15 is 0 Å². The number of allylic oxidation sites excluding steroid dienone is 4. The van der Waals surface area contributed by atoms with Crippen LogP contribution >= 0.6 is 0 Å². The number of carbonyl (C=O) groups excluding carboxylic acids is 1. The number of carbonyl (C=O) groups is 1. The van der Waals surface area contributed by atoms with Gasteiger partial charge >= 0.3 is 0 Å². The molecule has 0 aromatic heterocycles. The fraction of sp³-hybridized carbons (Fsp3) is 0.174. The zero-order valence-electron chi connectivity index (χ0n) is 15.3. The Hall–Kier alpha value is -3.07. The van der Waals surface area contributed by atoms with Crippen LogP contribution in [0.3, 0.4) is 0 Å². The SMILES string of the molecule is CC(=O)c1ccc(/C(=C/O)Nc2ccccc2)cc1.CC1=CC=CCC1. The molecule has 3 rings (SSSR count). The second-order valence-electron chi connectivity index (χ2n) is 6.15. The first kappa shape index (κ1) is 19.3. The molecule has 0 unspecified atom stereocenters. The van der Waals surface area contributed by atoms with Gasteiger partial charge in [0.2, 0.25) is 0 Å². The summed E-state index contributed by atoms with van der Waals surface area (Å²) in [4.78, 5) is 11.2. The Morgan fingerprint density at radius 2 is 1.69 bits per heavy atom. The normalized spacial score (nSPS) is 13.3. The predicted octanol–water partition coefficient (Wildman–Crippen LogP) is 6.14. The maximum Gasteiger partial charge on any atom is 0.159 e. The van der Waals surface area contributed by atoms with Gasteiger partial charge in [0.05, 0.1) is 5.70 Å². The van der Waals surface area contributed by atoms with E-state index in [-0.39, 0.29) is 5.78 Å². The number of hydrogen-bond donors (Lipinski definition) is 2. The van der Waals surface area contributed by atoms with Crippen LogP contribution in [-0.2, 0) is 0 Å². The average molecular weight is 347 g/mol. The molecule has 3 heteroatoms. The third-order valence-electron chi connectivity index (χ3n) is 4.01. The van der Waals surface area contributed by atoms with Crippen molar-refractivity contribution in [3.8, 4) is 0 Å². The highest BCUT2D eigenvalue weighted by Gasteiger charge is 2.04. The number of para-hydroxylation sites is 1. The number of rotatable bonds is 4. The Morgan fingerprint density at radius 3 is 2.15 bits per heavy atom. The van der Waals surface area contributed by atoms with Gasteiger partial charge in [-0.05, 0) is 38.8 Å². The minimum absolute atomic E-state index is 0.0251. The highest BCUT2D eigenvalue weighted by molar-refractivity contribution is 5.94. The average Bonchev–Trinajstić information content (AvgIpc) is 2.68. The second kappa shape index (κ2) is 10.0. The number of benzene rings is 2. The van der Waals surface area contributed by atoms with Gasteiger partial charge in [-0.2, -0.15) is 0 Å². The molecule has 134 valence electrons. The van der Waals surface area contributed by atoms with Gasteiger partial charge in [-0.15, -0.1) is 0 Å². The van der Waals surface area contributed by atoms with Crippen LogP contribution in [-0.4, -0.2) is 10.9 Å². The molecule has 0 aliphatic heterocycles. The molecule has 0 heterocycles. The molecule has 3 nitrogen and oxygen atoms in total. The van der Waals surface area contributed by atoms with Crippen molar-refractivity contribution in [1.29, 1.82) is 0 Å².